The van der Waals surface area contributed by atoms with Crippen LogP contribution in [-0.2, 0) is 27.1 Å². The van der Waals surface area contributed by atoms with Gasteiger partial charge in [0.15, 0.2) is 0 Å². The van der Waals surface area contributed by atoms with E-state index < -0.39 is 0 Å². The highest BCUT2D eigenvalue weighted by atomic mass is 16.5. The van der Waals surface area contributed by atoms with Crippen LogP contribution in [0.2, 0.25) is 0 Å². The van der Waals surface area contributed by atoms with Gasteiger partial charge >= 0.3 is 0 Å². The van der Waals surface area contributed by atoms with Crippen molar-refractivity contribution < 1.29 is 14.2 Å². The van der Waals surface area contributed by atoms with E-state index in [1.807, 2.05) is 18.3 Å². The molecular weight excluding hydrogens is 835 g/mol. The smallest absolute Gasteiger partial charge is 0.0594 e. The van der Waals surface area contributed by atoms with Crippen molar-refractivity contribution in [1.29, 1.82) is 0 Å². The first kappa shape index (κ1) is 64.2. The fourth-order valence-electron chi connectivity index (χ4n) is 7.83. The lowest BCUT2D eigenvalue weighted by Gasteiger charge is -2.33. The van der Waals surface area contributed by atoms with Gasteiger partial charge in [0.2, 0.25) is 0 Å². The molecule has 0 bridgehead atoms. The first-order chi connectivity index (χ1) is 31.1. The Morgan fingerprint density at radius 3 is 1.34 bits per heavy atom. The van der Waals surface area contributed by atoms with Crippen LogP contribution in [0, 0.1) is 50.2 Å². The summed E-state index contributed by atoms with van der Waals surface area (Å²) in [5.74, 6) is 2.84. The quantitative estimate of drug-likeness (QED) is 0.204. The molecule has 5 aliphatic rings. The minimum absolute atomic E-state index is 0.342. The zero-order chi connectivity index (χ0) is 51.9. The molecule has 1 aromatic carbocycles. The van der Waals surface area contributed by atoms with Gasteiger partial charge in [-0.3, -0.25) is 14.8 Å². The van der Waals surface area contributed by atoms with Crippen LogP contribution in [0.3, 0.4) is 0 Å². The van der Waals surface area contributed by atoms with Gasteiger partial charge in [0, 0.05) is 76.6 Å². The third kappa shape index (κ3) is 39.8. The third-order valence-corrected chi connectivity index (χ3v) is 12.5. The summed E-state index contributed by atoms with van der Waals surface area (Å²) in [6.45, 7) is 59.5. The van der Waals surface area contributed by atoms with Crippen molar-refractivity contribution in [3.8, 4) is 0 Å². The molecule has 4 heterocycles. The summed E-state index contributed by atoms with van der Waals surface area (Å²) >= 11 is 0. The molecule has 0 atom stereocenters. The Morgan fingerprint density at radius 2 is 1.00 bits per heavy atom. The predicted molar refractivity (Wildman–Crippen MR) is 298 cm³/mol. The lowest BCUT2D eigenvalue weighted by molar-refractivity contribution is 0.0236. The van der Waals surface area contributed by atoms with Crippen molar-refractivity contribution in [1.82, 2.24) is 14.8 Å². The van der Waals surface area contributed by atoms with Gasteiger partial charge in [0.05, 0.1) is 13.2 Å². The van der Waals surface area contributed by atoms with Gasteiger partial charge in [-0.2, -0.15) is 0 Å². The molecule has 3 aliphatic heterocycles. The highest BCUT2D eigenvalue weighted by molar-refractivity contribution is 5.15. The predicted octanol–water partition coefficient (Wildman–Crippen LogP) is 16.2. The lowest BCUT2D eigenvalue weighted by Crippen LogP contribution is -2.41. The Balaban J connectivity index is 0.000000399. The summed E-state index contributed by atoms with van der Waals surface area (Å²) < 4.78 is 16.1. The first-order valence-corrected chi connectivity index (χ1v) is 27.3. The molecule has 2 saturated carbocycles. The second-order valence-corrected chi connectivity index (χ2v) is 28.6. The van der Waals surface area contributed by atoms with Crippen LogP contribution < -0.4 is 0 Å². The van der Waals surface area contributed by atoms with Crippen molar-refractivity contribution in [2.75, 3.05) is 72.4 Å². The van der Waals surface area contributed by atoms with E-state index >= 15 is 0 Å². The molecule has 68 heavy (non-hydrogen) atoms. The van der Waals surface area contributed by atoms with Crippen molar-refractivity contribution in [2.24, 2.45) is 50.2 Å². The van der Waals surface area contributed by atoms with Crippen LogP contribution in [0.4, 0.5) is 0 Å². The van der Waals surface area contributed by atoms with E-state index in [-0.39, 0.29) is 0 Å². The zero-order valence-electron chi connectivity index (χ0n) is 49.1. The normalized spacial score (nSPS) is 18.4. The van der Waals surface area contributed by atoms with E-state index in [4.69, 9.17) is 14.2 Å². The highest BCUT2D eigenvalue weighted by Crippen LogP contribution is 2.44. The number of aromatic nitrogens is 1. The van der Waals surface area contributed by atoms with Gasteiger partial charge in [-0.1, -0.05) is 161 Å². The molecule has 0 radical (unpaired) electrons. The average molecular weight is 951 g/mol. The summed E-state index contributed by atoms with van der Waals surface area (Å²) in [5, 5.41) is 0. The van der Waals surface area contributed by atoms with Gasteiger partial charge < -0.3 is 14.2 Å². The Morgan fingerprint density at radius 1 is 0.515 bits per heavy atom. The molecule has 6 nitrogen and oxygen atoms in total. The summed E-state index contributed by atoms with van der Waals surface area (Å²) in [5.41, 5.74) is 5.76. The van der Waals surface area contributed by atoms with E-state index in [2.05, 4.69) is 197 Å². The molecule has 5 fully saturated rings. The van der Waals surface area contributed by atoms with Crippen molar-refractivity contribution in [3.63, 3.8) is 0 Å². The molecule has 396 valence electrons. The zero-order valence-corrected chi connectivity index (χ0v) is 49.1. The number of pyridine rings is 1. The molecular formula is C62H115N3O3. The van der Waals surface area contributed by atoms with E-state index in [1.165, 1.54) is 75.8 Å². The molecule has 0 spiro atoms. The Bertz CT molecular complexity index is 1430. The number of morpholine rings is 1. The topological polar surface area (TPSA) is 46.8 Å². The van der Waals surface area contributed by atoms with Gasteiger partial charge in [0.1, 0.15) is 0 Å². The van der Waals surface area contributed by atoms with E-state index in [0.717, 1.165) is 83.3 Å². The van der Waals surface area contributed by atoms with Crippen LogP contribution >= 0.6 is 0 Å². The molecule has 0 N–H and O–H groups in total. The highest BCUT2D eigenvalue weighted by Gasteiger charge is 2.33. The number of benzene rings is 1. The summed E-state index contributed by atoms with van der Waals surface area (Å²) in [6.07, 6.45) is 13.5. The van der Waals surface area contributed by atoms with E-state index in [9.17, 15) is 0 Å². The van der Waals surface area contributed by atoms with Gasteiger partial charge in [-0.25, -0.2) is 0 Å². The maximum atomic E-state index is 5.53. The van der Waals surface area contributed by atoms with Crippen LogP contribution in [0.1, 0.15) is 202 Å². The molecule has 2 aliphatic carbocycles. The summed E-state index contributed by atoms with van der Waals surface area (Å²) in [4.78, 5) is 9.18. The SMILES string of the molecule is CC(C)(C)C1CC1.CC(C)(C)C1CCOCC1.CC(C)(C)CCOCC1CC1.CC(C)(C)CN1CCOCC1.CC(C)(C)Cc1ccccc1.CC(C)(C)Cc1ccccn1.CC(C)(C)N1CC1. The van der Waals surface area contributed by atoms with Crippen LogP contribution in [0.15, 0.2) is 54.7 Å². The van der Waals surface area contributed by atoms with Crippen LogP contribution in [0.25, 0.3) is 0 Å². The van der Waals surface area contributed by atoms with Crippen molar-refractivity contribution in [3.05, 3.63) is 66.0 Å². The lowest BCUT2D eigenvalue weighted by atomic mass is 9.76. The van der Waals surface area contributed by atoms with Crippen molar-refractivity contribution >= 4 is 0 Å². The Kier molecular flexibility index (Phi) is 28.6. The Hall–Kier alpha value is -1.83. The number of hydrogen-bond acceptors (Lipinski definition) is 6. The minimum atomic E-state index is 0.342. The number of hydrogen-bond donors (Lipinski definition) is 0. The monoisotopic (exact) mass is 950 g/mol. The van der Waals surface area contributed by atoms with Crippen LogP contribution in [-0.4, -0.2) is 92.7 Å². The summed E-state index contributed by atoms with van der Waals surface area (Å²) in [7, 11) is 0. The standard InChI is InChI=1S/C11H16.C10H15N.C10H20O.C9H19NO.C9H18O.C7H14.C6H13N/c1-11(2,3)9-10-7-5-4-6-8-10;1-10(2,3)8-9-6-4-5-7-11-9;1-10(2,3)6-7-11-8-9-4-5-9;1-9(2,3)8-10-4-6-11-7-5-10;1-9(2,3)8-4-6-10-7-5-8;1-7(2,3)6-4-5-6;1-6(2,3)7-4-5-7/h4-8H,9H2,1-3H3;4-7H,8H2,1-3H3;9H,4-8H2,1-3H3;4-8H2,1-3H3;8H,4-7H2,1-3H3;6H,4-5H2,1-3H3;4-5H2,1-3H3. The molecule has 1 aromatic heterocycles. The maximum absolute atomic E-state index is 5.53. The third-order valence-electron chi connectivity index (χ3n) is 12.5. The van der Waals surface area contributed by atoms with E-state index in [1.54, 1.807) is 0 Å². The Labute approximate surface area is 424 Å². The molecule has 7 rings (SSSR count). The molecule has 6 heteroatoms. The van der Waals surface area contributed by atoms with Crippen LogP contribution in [0.5, 0.6) is 0 Å². The van der Waals surface area contributed by atoms with Gasteiger partial charge in [-0.05, 0) is 146 Å². The number of rotatable bonds is 7. The fraction of sp³-hybridized carbons (Fsp3) is 0.823. The fourth-order valence-corrected chi connectivity index (χ4v) is 7.83. The molecule has 2 aromatic rings. The molecule has 0 unspecified atom stereocenters. The molecule has 0 amide bonds. The average Bonchev–Trinajstić information content (AvgIpc) is 4.02. The second-order valence-electron chi connectivity index (χ2n) is 28.6. The minimum Gasteiger partial charge on any atom is -0.381 e. The van der Waals surface area contributed by atoms with Gasteiger partial charge in [0.25, 0.3) is 0 Å². The second kappa shape index (κ2) is 30.3. The van der Waals surface area contributed by atoms with Gasteiger partial charge in [-0.15, -0.1) is 0 Å². The first-order valence-electron chi connectivity index (χ1n) is 27.3. The number of ether oxygens (including phenoxy) is 3. The number of nitrogens with zero attached hydrogens (tertiary/aromatic N) is 3. The summed E-state index contributed by atoms with van der Waals surface area (Å²) in [6, 6.07) is 16.7. The van der Waals surface area contributed by atoms with Crippen molar-refractivity contribution in [2.45, 2.75) is 209 Å². The largest absolute Gasteiger partial charge is 0.381 e. The maximum Gasteiger partial charge on any atom is 0.0594 e. The molecule has 3 saturated heterocycles. The van der Waals surface area contributed by atoms with E-state index in [0.29, 0.717) is 38.0 Å².